The second-order valence-electron chi connectivity index (χ2n) is 8.74. The van der Waals surface area contributed by atoms with E-state index in [0.717, 1.165) is 5.69 Å². The van der Waals surface area contributed by atoms with Crippen LogP contribution >= 0.6 is 0 Å². The van der Waals surface area contributed by atoms with Gasteiger partial charge in [-0.3, -0.25) is 14.4 Å². The summed E-state index contributed by atoms with van der Waals surface area (Å²) in [5.41, 5.74) is 7.41. The molecule has 0 aliphatic carbocycles. The maximum Gasteiger partial charge on any atom is 0.325 e. The van der Waals surface area contributed by atoms with E-state index in [0.29, 0.717) is 17.7 Å². The van der Waals surface area contributed by atoms with E-state index in [1.807, 2.05) is 4.90 Å². The first-order valence-corrected chi connectivity index (χ1v) is 13.8. The number of carbonyl (C=O) groups excluding carboxylic acids is 3. The number of nitrogens with two attached hydrogens (primary N) is 1. The third-order valence-corrected chi connectivity index (χ3v) is 7.24. The number of nitrogens with one attached hydrogen (secondary N) is 2. The number of rotatable bonds is 12. The number of nitrogens with zero attached hydrogens (tertiary/aromatic N) is 3. The first kappa shape index (κ1) is 29.4. The molecule has 3 rings (SSSR count). The topological polar surface area (TPSA) is 184 Å². The molecule has 1 atom stereocenters. The Labute approximate surface area is 226 Å². The molecule has 39 heavy (non-hydrogen) atoms. The summed E-state index contributed by atoms with van der Waals surface area (Å²) in [4.78, 5) is 40.9. The van der Waals surface area contributed by atoms with Crippen LogP contribution in [0.3, 0.4) is 0 Å². The number of hydrogen-bond donors (Lipinski definition) is 4. The van der Waals surface area contributed by atoms with Crippen LogP contribution in [-0.4, -0.2) is 87.5 Å². The number of piperazine rings is 1. The smallest absolute Gasteiger partial charge is 0.325 e. The molecule has 13 nitrogen and oxygen atoms in total. The fourth-order valence-corrected chi connectivity index (χ4v) is 5.24. The fraction of sp³-hybridized carbons (Fsp3) is 0.360. The van der Waals surface area contributed by atoms with Crippen LogP contribution in [0.1, 0.15) is 18.1 Å². The van der Waals surface area contributed by atoms with Crippen molar-refractivity contribution >= 4 is 39.3 Å². The molecular formula is C25H32N6O7S. The molecule has 0 radical (unpaired) electrons. The van der Waals surface area contributed by atoms with E-state index in [-0.39, 0.29) is 50.3 Å². The number of anilines is 1. The van der Waals surface area contributed by atoms with Crippen LogP contribution in [0.2, 0.25) is 0 Å². The van der Waals surface area contributed by atoms with Crippen LogP contribution in [0, 0.1) is 0 Å². The second-order valence-corrected chi connectivity index (χ2v) is 10.5. The molecule has 1 aliphatic heterocycles. The first-order valence-electron chi connectivity index (χ1n) is 12.2. The SMILES string of the molecule is CCOC(=O)[C@H](CNC(=O)CN1CCN(c2ccc(C(N)=NO)cc2)CC1=O)NS(=O)(=O)Cc1ccccc1. The average molecular weight is 561 g/mol. The van der Waals surface area contributed by atoms with Crippen molar-refractivity contribution in [3.63, 3.8) is 0 Å². The lowest BCUT2D eigenvalue weighted by molar-refractivity contribution is -0.145. The second kappa shape index (κ2) is 13.6. The molecule has 1 saturated heterocycles. The maximum absolute atomic E-state index is 12.7. The molecule has 1 fully saturated rings. The van der Waals surface area contributed by atoms with Crippen molar-refractivity contribution in [2.75, 3.05) is 44.2 Å². The number of amides is 2. The molecule has 1 aliphatic rings. The van der Waals surface area contributed by atoms with Crippen LogP contribution in [0.5, 0.6) is 0 Å². The zero-order chi connectivity index (χ0) is 28.4. The van der Waals surface area contributed by atoms with Gasteiger partial charge < -0.3 is 30.8 Å². The minimum Gasteiger partial charge on any atom is -0.465 e. The Balaban J connectivity index is 1.53. The normalized spacial score (nSPS) is 15.1. The number of amidine groups is 1. The van der Waals surface area contributed by atoms with Crippen molar-refractivity contribution in [3.8, 4) is 0 Å². The minimum absolute atomic E-state index is 0.0253. The lowest BCUT2D eigenvalue weighted by atomic mass is 10.1. The van der Waals surface area contributed by atoms with Gasteiger partial charge in [0.2, 0.25) is 21.8 Å². The Hall–Kier alpha value is -4.17. The van der Waals surface area contributed by atoms with Crippen LogP contribution < -0.4 is 20.7 Å². The number of sulfonamides is 1. The average Bonchev–Trinajstić information content (AvgIpc) is 2.92. The van der Waals surface area contributed by atoms with Crippen molar-refractivity contribution in [1.82, 2.24) is 14.9 Å². The summed E-state index contributed by atoms with van der Waals surface area (Å²) < 4.78 is 32.5. The van der Waals surface area contributed by atoms with E-state index in [4.69, 9.17) is 15.7 Å². The highest BCUT2D eigenvalue weighted by molar-refractivity contribution is 7.88. The lowest BCUT2D eigenvalue weighted by Crippen LogP contribution is -2.54. The number of oxime groups is 1. The van der Waals surface area contributed by atoms with Crippen LogP contribution in [-0.2, 0) is 34.9 Å². The summed E-state index contributed by atoms with van der Waals surface area (Å²) in [5, 5.41) is 14.3. The summed E-state index contributed by atoms with van der Waals surface area (Å²) in [6.45, 7) is 1.82. The predicted molar refractivity (Wildman–Crippen MR) is 143 cm³/mol. The van der Waals surface area contributed by atoms with Gasteiger partial charge in [-0.15, -0.1) is 0 Å². The predicted octanol–water partition coefficient (Wildman–Crippen LogP) is -0.403. The van der Waals surface area contributed by atoms with Gasteiger partial charge >= 0.3 is 5.97 Å². The number of hydrogen-bond acceptors (Lipinski definition) is 9. The molecule has 0 bridgehead atoms. The Morgan fingerprint density at radius 3 is 2.44 bits per heavy atom. The van der Waals surface area contributed by atoms with Crippen molar-refractivity contribution in [1.29, 1.82) is 0 Å². The monoisotopic (exact) mass is 560 g/mol. The molecule has 0 saturated carbocycles. The van der Waals surface area contributed by atoms with Crippen molar-refractivity contribution in [2.45, 2.75) is 18.7 Å². The van der Waals surface area contributed by atoms with E-state index in [1.165, 1.54) is 4.90 Å². The molecule has 0 unspecified atom stereocenters. The van der Waals surface area contributed by atoms with E-state index in [2.05, 4.69) is 15.2 Å². The van der Waals surface area contributed by atoms with Gasteiger partial charge in [0.25, 0.3) is 0 Å². The summed E-state index contributed by atoms with van der Waals surface area (Å²) in [6, 6.07) is 14.0. The number of carbonyl (C=O) groups is 3. The highest BCUT2D eigenvalue weighted by Crippen LogP contribution is 2.18. The highest BCUT2D eigenvalue weighted by atomic mass is 32.2. The number of benzene rings is 2. The number of esters is 1. The van der Waals surface area contributed by atoms with Gasteiger partial charge in [0.05, 0.1) is 25.4 Å². The van der Waals surface area contributed by atoms with Gasteiger partial charge in [0.15, 0.2) is 5.84 Å². The van der Waals surface area contributed by atoms with Crippen molar-refractivity contribution < 1.29 is 32.7 Å². The van der Waals surface area contributed by atoms with Gasteiger partial charge in [-0.1, -0.05) is 35.5 Å². The summed E-state index contributed by atoms with van der Waals surface area (Å²) >= 11 is 0. The zero-order valence-corrected chi connectivity index (χ0v) is 22.3. The third kappa shape index (κ3) is 8.68. The van der Waals surface area contributed by atoms with Crippen LogP contribution in [0.4, 0.5) is 5.69 Å². The van der Waals surface area contributed by atoms with Gasteiger partial charge in [-0.05, 0) is 36.8 Å². The fourth-order valence-electron chi connectivity index (χ4n) is 3.91. The summed E-state index contributed by atoms with van der Waals surface area (Å²) in [6.07, 6.45) is 0. The van der Waals surface area contributed by atoms with E-state index >= 15 is 0 Å². The van der Waals surface area contributed by atoms with Gasteiger partial charge in [0, 0.05) is 30.9 Å². The molecular weight excluding hydrogens is 528 g/mol. The summed E-state index contributed by atoms with van der Waals surface area (Å²) in [5.74, 6) is -2.01. The third-order valence-electron chi connectivity index (χ3n) is 5.88. The van der Waals surface area contributed by atoms with Gasteiger partial charge in [0.1, 0.15) is 6.04 Å². The van der Waals surface area contributed by atoms with E-state index in [9.17, 15) is 22.8 Å². The van der Waals surface area contributed by atoms with E-state index in [1.54, 1.807) is 61.5 Å². The Morgan fingerprint density at radius 1 is 1.13 bits per heavy atom. The molecule has 1 heterocycles. The standard InChI is InChI=1S/C25H32N6O7S/c1-2-38-25(34)21(29-39(36,37)17-18-6-4-3-5-7-18)14-27-22(32)15-31-13-12-30(16-23(31)33)20-10-8-19(9-11-20)24(26)28-35/h3-11,21,29,35H,2,12-17H2,1H3,(H2,26,28)(H,27,32)/t21-/m0/s1. The highest BCUT2D eigenvalue weighted by Gasteiger charge is 2.29. The first-order chi connectivity index (χ1) is 18.6. The quantitative estimate of drug-likeness (QED) is 0.0882. The largest absolute Gasteiger partial charge is 0.465 e. The van der Waals surface area contributed by atoms with Crippen molar-refractivity contribution in [2.24, 2.45) is 10.9 Å². The molecule has 2 amide bonds. The van der Waals surface area contributed by atoms with Gasteiger partial charge in [-0.25, -0.2) is 8.42 Å². The zero-order valence-electron chi connectivity index (χ0n) is 21.4. The molecule has 14 heteroatoms. The summed E-state index contributed by atoms with van der Waals surface area (Å²) in [7, 11) is -3.92. The molecule has 2 aromatic rings. The molecule has 0 aromatic heterocycles. The molecule has 210 valence electrons. The maximum atomic E-state index is 12.7. The minimum atomic E-state index is -3.92. The number of ether oxygens (including phenoxy) is 1. The van der Waals surface area contributed by atoms with E-state index < -0.39 is 27.9 Å². The Bertz CT molecular complexity index is 1290. The Morgan fingerprint density at radius 2 is 1.82 bits per heavy atom. The molecule has 2 aromatic carbocycles. The molecule has 5 N–H and O–H groups in total. The molecule has 0 spiro atoms. The van der Waals surface area contributed by atoms with Gasteiger partial charge in [-0.2, -0.15) is 4.72 Å². The lowest BCUT2D eigenvalue weighted by Gasteiger charge is -2.35. The van der Waals surface area contributed by atoms with Crippen molar-refractivity contribution in [3.05, 3.63) is 65.7 Å². The Kier molecular flexibility index (Phi) is 10.2. The van der Waals surface area contributed by atoms with Crippen LogP contribution in [0.25, 0.3) is 0 Å². The van der Waals surface area contributed by atoms with Crippen LogP contribution in [0.15, 0.2) is 59.8 Å².